The maximum Gasteiger partial charge on any atom is 0.408 e. The number of alkyl carbamates (subject to hydrolysis) is 1. The molecular weight excluding hydrogens is 955 g/mol. The van der Waals surface area contributed by atoms with Crippen LogP contribution in [0.4, 0.5) is 21.9 Å². The second-order valence-electron chi connectivity index (χ2n) is 22.8. The molecule has 2 saturated carbocycles. The lowest BCUT2D eigenvalue weighted by atomic mass is 9.49. The third-order valence-electron chi connectivity index (χ3n) is 17.3. The van der Waals surface area contributed by atoms with Crippen molar-refractivity contribution in [2.24, 2.45) is 28.6 Å². The summed E-state index contributed by atoms with van der Waals surface area (Å²) in [4.78, 5) is 106. The van der Waals surface area contributed by atoms with Gasteiger partial charge in [0.25, 0.3) is 0 Å². The Morgan fingerprint density at radius 3 is 1.84 bits per heavy atom. The first-order valence-electron chi connectivity index (χ1n) is 26.8. The Morgan fingerprint density at radius 2 is 1.27 bits per heavy atom. The second kappa shape index (κ2) is 23.0. The summed E-state index contributed by atoms with van der Waals surface area (Å²) in [6.45, 7) is 13.4. The fraction of sp³-hybridized carbons (Fsp3) is 0.552. The Balaban J connectivity index is 0.954. The zero-order valence-corrected chi connectivity index (χ0v) is 44.7. The van der Waals surface area contributed by atoms with Crippen LogP contribution in [0.3, 0.4) is 0 Å². The van der Waals surface area contributed by atoms with Gasteiger partial charge < -0.3 is 42.2 Å². The quantitative estimate of drug-likeness (QED) is 0.0451. The standard InChI is InChI=1S/C58H77N7O10/c1-8-11-46(66)64-49(34(2)3)51(71)60-32-47(67)61-39-19-12-35(13-20-39)33-75-54(74)63-43(22-25-48(68)69)50(70)62-40-21-15-37-17-24-45-56(5,42(37)31-40)27-10-29-58(45,7)53(73)65-52(72)57(6)28-9-26-55(4)41-30-38(59)18-14-36(41)16-23-44(55)57/h12-15,18-21,30-31,34,43-45,49H,8-11,16-17,22-29,32-33,59H2,1-7H3,(H,60,71)(H,61,67)(H,62,70)(H,63,74)(H,64,66)(H,68,69)(H,65,72,73)/t43-,44?,45+,49?,55+,56+,57-,58-/m0/s1. The van der Waals surface area contributed by atoms with Crippen molar-refractivity contribution in [3.8, 4) is 0 Å². The van der Waals surface area contributed by atoms with Crippen LogP contribution in [0.5, 0.6) is 0 Å². The number of rotatable bonds is 18. The van der Waals surface area contributed by atoms with Gasteiger partial charge in [0.15, 0.2) is 0 Å². The maximum atomic E-state index is 14.7. The molecule has 2 unspecified atom stereocenters. The molecule has 9 N–H and O–H groups in total. The monoisotopic (exact) mass is 1030 g/mol. The van der Waals surface area contributed by atoms with Crippen LogP contribution in [0.25, 0.3) is 0 Å². The molecule has 17 nitrogen and oxygen atoms in total. The van der Waals surface area contributed by atoms with E-state index in [4.69, 9.17) is 10.5 Å². The number of imide groups is 1. The van der Waals surface area contributed by atoms with Crippen LogP contribution in [-0.4, -0.2) is 71.2 Å². The van der Waals surface area contributed by atoms with Crippen LogP contribution >= 0.6 is 0 Å². The van der Waals surface area contributed by atoms with Crippen molar-refractivity contribution >= 4 is 64.6 Å². The number of carbonyl (C=O) groups is 8. The van der Waals surface area contributed by atoms with E-state index in [0.29, 0.717) is 48.3 Å². The van der Waals surface area contributed by atoms with Crippen molar-refractivity contribution in [3.05, 3.63) is 88.5 Å². The molecular formula is C58H77N7O10. The summed E-state index contributed by atoms with van der Waals surface area (Å²) in [7, 11) is 0. The molecule has 0 radical (unpaired) electrons. The molecule has 0 aliphatic heterocycles. The zero-order chi connectivity index (χ0) is 54.5. The van der Waals surface area contributed by atoms with E-state index >= 15 is 0 Å². The number of carboxylic acids is 1. The summed E-state index contributed by atoms with van der Waals surface area (Å²) in [5, 5.41) is 25.9. The van der Waals surface area contributed by atoms with E-state index in [2.05, 4.69) is 57.9 Å². The minimum Gasteiger partial charge on any atom is -0.481 e. The minimum atomic E-state index is -1.26. The number of hydrogen-bond acceptors (Lipinski definition) is 10. The van der Waals surface area contributed by atoms with Gasteiger partial charge in [-0.25, -0.2) is 4.79 Å². The number of ether oxygens (including phenoxy) is 1. The number of hydrogen-bond donors (Lipinski definition) is 8. The number of aliphatic carboxylic acids is 1. The van der Waals surface area contributed by atoms with Crippen molar-refractivity contribution in [1.82, 2.24) is 21.3 Å². The van der Waals surface area contributed by atoms with Crippen LogP contribution < -0.4 is 37.6 Å². The predicted molar refractivity (Wildman–Crippen MR) is 285 cm³/mol. The van der Waals surface area contributed by atoms with E-state index in [9.17, 15) is 43.5 Å². The Bertz CT molecular complexity index is 2690. The zero-order valence-electron chi connectivity index (χ0n) is 44.7. The third-order valence-corrected chi connectivity index (χ3v) is 17.3. The predicted octanol–water partition coefficient (Wildman–Crippen LogP) is 7.73. The average Bonchev–Trinajstić information content (AvgIpc) is 3.36. The van der Waals surface area contributed by atoms with Gasteiger partial charge in [0.1, 0.15) is 18.7 Å². The highest BCUT2D eigenvalue weighted by atomic mass is 16.5. The molecule has 0 bridgehead atoms. The van der Waals surface area contributed by atoms with E-state index in [1.54, 1.807) is 44.2 Å². The molecule has 3 aromatic carbocycles. The van der Waals surface area contributed by atoms with Crippen LogP contribution in [-0.2, 0) is 68.6 Å². The number of anilines is 3. The highest BCUT2D eigenvalue weighted by Crippen LogP contribution is 2.60. The Morgan fingerprint density at radius 1 is 0.693 bits per heavy atom. The van der Waals surface area contributed by atoms with Gasteiger partial charge in [0.2, 0.25) is 35.4 Å². The SMILES string of the molecule is CCCC(=O)NC(C(=O)NCC(=O)Nc1ccc(COC(=O)N[C@@H](CCC(=O)O)C(=O)Nc2ccc3c(c2)[C@@]2(C)CCC[C@](C)(C(=O)NC(=O)[C@@]4(C)CCC[C@]5(C)c6cc(N)ccc6CCC45)[C@@H]2CC3)cc1)C(C)C. The van der Waals surface area contributed by atoms with Gasteiger partial charge in [-0.3, -0.25) is 38.9 Å². The van der Waals surface area contributed by atoms with Gasteiger partial charge >= 0.3 is 12.1 Å². The molecule has 2 fully saturated rings. The highest BCUT2D eigenvalue weighted by molar-refractivity contribution is 6.01. The summed E-state index contributed by atoms with van der Waals surface area (Å²) in [5.74, 6) is -3.68. The molecule has 75 heavy (non-hydrogen) atoms. The average molecular weight is 1030 g/mol. The number of nitrogen functional groups attached to an aromatic ring is 1. The normalized spacial score (nSPS) is 25.3. The van der Waals surface area contributed by atoms with Gasteiger partial charge in [0, 0.05) is 29.9 Å². The number of fused-ring (bicyclic) bond motifs is 6. The Labute approximate surface area is 440 Å². The largest absolute Gasteiger partial charge is 0.481 e. The number of carbonyl (C=O) groups excluding carboxylic acids is 7. The fourth-order valence-electron chi connectivity index (χ4n) is 13.2. The smallest absolute Gasteiger partial charge is 0.408 e. The van der Waals surface area contributed by atoms with Crippen LogP contribution in [0.1, 0.15) is 153 Å². The van der Waals surface area contributed by atoms with Crippen molar-refractivity contribution < 1.29 is 48.2 Å². The first-order valence-corrected chi connectivity index (χ1v) is 26.8. The number of aryl methyl sites for hydroxylation is 2. The van der Waals surface area contributed by atoms with E-state index < -0.39 is 64.5 Å². The molecule has 3 aromatic rings. The van der Waals surface area contributed by atoms with E-state index in [1.807, 2.05) is 39.0 Å². The van der Waals surface area contributed by atoms with Crippen molar-refractivity contribution in [3.63, 3.8) is 0 Å². The summed E-state index contributed by atoms with van der Waals surface area (Å²) >= 11 is 0. The first-order chi connectivity index (χ1) is 35.5. The summed E-state index contributed by atoms with van der Waals surface area (Å²) in [6, 6.07) is 16.2. The molecule has 404 valence electrons. The molecule has 0 aromatic heterocycles. The molecule has 4 aliphatic rings. The van der Waals surface area contributed by atoms with Crippen LogP contribution in [0.2, 0.25) is 0 Å². The topological polar surface area (TPSA) is 264 Å². The van der Waals surface area contributed by atoms with Gasteiger partial charge in [-0.15, -0.1) is 0 Å². The van der Waals surface area contributed by atoms with Crippen molar-refractivity contribution in [1.29, 1.82) is 0 Å². The molecule has 4 aliphatic carbocycles. The van der Waals surface area contributed by atoms with Gasteiger partial charge in [0.05, 0.1) is 17.4 Å². The lowest BCUT2D eigenvalue weighted by Gasteiger charge is -2.56. The highest BCUT2D eigenvalue weighted by Gasteiger charge is 2.58. The van der Waals surface area contributed by atoms with Crippen LogP contribution in [0, 0.1) is 28.6 Å². The number of amides is 7. The molecule has 7 amide bonds. The minimum absolute atomic E-state index is 0.0472. The maximum absolute atomic E-state index is 14.7. The summed E-state index contributed by atoms with van der Waals surface area (Å²) in [5.41, 5.74) is 10.8. The lowest BCUT2D eigenvalue weighted by Crippen LogP contribution is -2.60. The fourth-order valence-corrected chi connectivity index (χ4v) is 13.2. The van der Waals surface area contributed by atoms with E-state index in [0.717, 1.165) is 56.1 Å². The number of carboxylic acid groups (broad SMARTS) is 1. The number of benzene rings is 3. The van der Waals surface area contributed by atoms with Crippen molar-refractivity contribution in [2.45, 2.75) is 168 Å². The summed E-state index contributed by atoms with van der Waals surface area (Å²) in [6.07, 6.45) is 7.23. The van der Waals surface area contributed by atoms with E-state index in [-0.39, 0.29) is 66.9 Å². The summed E-state index contributed by atoms with van der Waals surface area (Å²) < 4.78 is 5.43. The molecule has 7 rings (SSSR count). The number of nitrogens with one attached hydrogen (secondary N) is 6. The molecule has 0 spiro atoms. The number of nitrogens with two attached hydrogens (primary N) is 1. The Hall–Kier alpha value is -6.78. The van der Waals surface area contributed by atoms with Crippen molar-refractivity contribution in [2.75, 3.05) is 22.9 Å². The van der Waals surface area contributed by atoms with Gasteiger partial charge in [-0.1, -0.05) is 85.6 Å². The van der Waals surface area contributed by atoms with E-state index in [1.165, 1.54) is 11.1 Å². The van der Waals surface area contributed by atoms with Crippen LogP contribution in [0.15, 0.2) is 60.7 Å². The third kappa shape index (κ3) is 12.2. The molecule has 17 heteroatoms. The molecule has 8 atom stereocenters. The molecule has 0 saturated heterocycles. The molecule has 0 heterocycles. The van der Waals surface area contributed by atoms with Gasteiger partial charge in [-0.05, 0) is 157 Å². The lowest BCUT2D eigenvalue weighted by molar-refractivity contribution is -0.150. The Kier molecular flexibility index (Phi) is 17.2. The second-order valence-corrected chi connectivity index (χ2v) is 22.8. The van der Waals surface area contributed by atoms with Gasteiger partial charge in [-0.2, -0.15) is 0 Å². The first kappa shape index (κ1) is 56.0.